The fourth-order valence-electron chi connectivity index (χ4n) is 3.25. The van der Waals surface area contributed by atoms with E-state index in [0.29, 0.717) is 42.0 Å². The number of hydrogen-bond acceptors (Lipinski definition) is 7. The van der Waals surface area contributed by atoms with Crippen molar-refractivity contribution >= 4 is 5.91 Å². The average molecular weight is 406 g/mol. The second-order valence-electron chi connectivity index (χ2n) is 6.75. The first-order chi connectivity index (χ1) is 14.8. The largest absolute Gasteiger partial charge is 0.486 e. The van der Waals surface area contributed by atoms with Crippen molar-refractivity contribution in [3.05, 3.63) is 78.3 Å². The number of benzene rings is 1. The molecule has 4 heterocycles. The number of hydrogen-bond donors (Lipinski definition) is 0. The minimum Gasteiger partial charge on any atom is -0.486 e. The number of aromatic nitrogens is 1. The van der Waals surface area contributed by atoms with Crippen LogP contribution in [-0.4, -0.2) is 29.2 Å². The molecule has 8 heteroatoms. The zero-order valence-electron chi connectivity index (χ0n) is 15.9. The van der Waals surface area contributed by atoms with Crippen LogP contribution in [0.4, 0.5) is 0 Å². The van der Waals surface area contributed by atoms with E-state index in [1.165, 1.54) is 0 Å². The molecule has 0 unspecified atom stereocenters. The number of carbonyl (C=O) groups is 1. The summed E-state index contributed by atoms with van der Waals surface area (Å²) in [5.74, 6) is 2.81. The first-order valence-electron chi connectivity index (χ1n) is 9.47. The summed E-state index contributed by atoms with van der Waals surface area (Å²) in [7, 11) is 0. The molecule has 30 heavy (non-hydrogen) atoms. The summed E-state index contributed by atoms with van der Waals surface area (Å²) in [4.78, 5) is 14.7. The minimum atomic E-state index is -0.296. The van der Waals surface area contributed by atoms with Gasteiger partial charge in [-0.15, -0.1) is 0 Å². The zero-order valence-corrected chi connectivity index (χ0v) is 15.9. The van der Waals surface area contributed by atoms with Gasteiger partial charge < -0.3 is 27.7 Å². The standard InChI is InChI=1S/C22H18N2O6/c25-22(24(13-16-3-1-7-26-16)14-17-4-2-8-27-17)18-12-20(30-23-18)15-5-6-19-21(11-15)29-10-9-28-19/h1-8,11-12H,9-10,13-14H2. The highest BCUT2D eigenvalue weighted by atomic mass is 16.6. The Hall–Kier alpha value is -3.94. The summed E-state index contributed by atoms with van der Waals surface area (Å²) in [6.45, 7) is 1.57. The van der Waals surface area contributed by atoms with Crippen LogP contribution in [0.3, 0.4) is 0 Å². The van der Waals surface area contributed by atoms with Crippen molar-refractivity contribution < 1.29 is 27.6 Å². The zero-order chi connectivity index (χ0) is 20.3. The van der Waals surface area contributed by atoms with Crippen molar-refractivity contribution in [3.63, 3.8) is 0 Å². The molecule has 0 N–H and O–H groups in total. The van der Waals surface area contributed by atoms with Gasteiger partial charge >= 0.3 is 0 Å². The van der Waals surface area contributed by atoms with Gasteiger partial charge in [0.2, 0.25) is 0 Å². The van der Waals surface area contributed by atoms with E-state index in [2.05, 4.69) is 5.16 Å². The van der Waals surface area contributed by atoms with Gasteiger partial charge in [-0.1, -0.05) is 5.16 Å². The van der Waals surface area contributed by atoms with Crippen molar-refractivity contribution in [2.75, 3.05) is 13.2 Å². The van der Waals surface area contributed by atoms with Gasteiger partial charge in [0, 0.05) is 11.6 Å². The van der Waals surface area contributed by atoms with Gasteiger partial charge in [0.1, 0.15) is 24.7 Å². The Labute approximate surface area is 171 Å². The monoisotopic (exact) mass is 406 g/mol. The molecule has 152 valence electrons. The number of nitrogens with zero attached hydrogens (tertiary/aromatic N) is 2. The second kappa shape index (κ2) is 7.82. The molecule has 0 spiro atoms. The van der Waals surface area contributed by atoms with E-state index in [-0.39, 0.29) is 24.7 Å². The van der Waals surface area contributed by atoms with E-state index < -0.39 is 0 Å². The van der Waals surface area contributed by atoms with Gasteiger partial charge in [0.05, 0.1) is 25.6 Å². The van der Waals surface area contributed by atoms with Crippen molar-refractivity contribution in [1.29, 1.82) is 0 Å². The molecule has 0 atom stereocenters. The van der Waals surface area contributed by atoms with Gasteiger partial charge in [0.15, 0.2) is 23.0 Å². The van der Waals surface area contributed by atoms with E-state index in [9.17, 15) is 4.79 Å². The van der Waals surface area contributed by atoms with Crippen LogP contribution in [0.5, 0.6) is 11.5 Å². The maximum absolute atomic E-state index is 13.2. The number of ether oxygens (including phenoxy) is 2. The number of carbonyl (C=O) groups excluding carboxylic acids is 1. The molecule has 0 saturated carbocycles. The molecule has 0 bridgehead atoms. The molecule has 0 fully saturated rings. The molecule has 4 aromatic rings. The van der Waals surface area contributed by atoms with Crippen molar-refractivity contribution in [1.82, 2.24) is 10.1 Å². The van der Waals surface area contributed by atoms with Crippen LogP contribution in [0.15, 0.2) is 74.4 Å². The van der Waals surface area contributed by atoms with Crippen LogP contribution < -0.4 is 9.47 Å². The molecule has 8 nitrogen and oxygen atoms in total. The average Bonchev–Trinajstić information content (AvgIpc) is 3.55. The summed E-state index contributed by atoms with van der Waals surface area (Å²) in [5.41, 5.74) is 0.937. The summed E-state index contributed by atoms with van der Waals surface area (Å²) >= 11 is 0. The Kier molecular flexibility index (Phi) is 4.72. The molecule has 3 aromatic heterocycles. The minimum absolute atomic E-state index is 0.193. The van der Waals surface area contributed by atoms with Crippen LogP contribution in [0.2, 0.25) is 0 Å². The maximum atomic E-state index is 13.2. The van der Waals surface area contributed by atoms with Crippen molar-refractivity contribution in [3.8, 4) is 22.8 Å². The predicted octanol–water partition coefficient (Wildman–Crippen LogP) is 4.14. The van der Waals surface area contributed by atoms with Gasteiger partial charge in [-0.3, -0.25) is 4.79 Å². The lowest BCUT2D eigenvalue weighted by atomic mass is 10.1. The van der Waals surface area contributed by atoms with Gasteiger partial charge in [0.25, 0.3) is 5.91 Å². The molecule has 1 amide bonds. The van der Waals surface area contributed by atoms with Crippen molar-refractivity contribution in [2.45, 2.75) is 13.1 Å². The number of rotatable bonds is 6. The molecule has 1 aliphatic rings. The smallest absolute Gasteiger partial charge is 0.276 e. The first kappa shape index (κ1) is 18.1. The highest BCUT2D eigenvalue weighted by molar-refractivity contribution is 5.93. The van der Waals surface area contributed by atoms with Crippen LogP contribution in [0.1, 0.15) is 22.0 Å². The Bertz CT molecular complexity index is 1090. The fourth-order valence-corrected chi connectivity index (χ4v) is 3.25. The normalized spacial score (nSPS) is 12.7. The Morgan fingerprint density at radius 2 is 1.60 bits per heavy atom. The molecule has 1 aromatic carbocycles. The van der Waals surface area contributed by atoms with Crippen LogP contribution in [0, 0.1) is 0 Å². The lowest BCUT2D eigenvalue weighted by molar-refractivity contribution is 0.0694. The Morgan fingerprint density at radius 3 is 2.27 bits per heavy atom. The lowest BCUT2D eigenvalue weighted by Gasteiger charge is -2.19. The number of fused-ring (bicyclic) bond motifs is 1. The topological polar surface area (TPSA) is 91.1 Å². The lowest BCUT2D eigenvalue weighted by Crippen LogP contribution is -2.30. The highest BCUT2D eigenvalue weighted by Gasteiger charge is 2.23. The van der Waals surface area contributed by atoms with Crippen LogP contribution >= 0.6 is 0 Å². The van der Waals surface area contributed by atoms with Crippen LogP contribution in [0.25, 0.3) is 11.3 Å². The van der Waals surface area contributed by atoms with Gasteiger partial charge in [-0.25, -0.2) is 0 Å². The van der Waals surface area contributed by atoms with E-state index in [0.717, 1.165) is 5.56 Å². The van der Waals surface area contributed by atoms with E-state index in [4.69, 9.17) is 22.8 Å². The molecule has 5 rings (SSSR count). The fraction of sp³-hybridized carbons (Fsp3) is 0.182. The summed E-state index contributed by atoms with van der Waals surface area (Å²) in [6.07, 6.45) is 3.14. The molecule has 0 radical (unpaired) electrons. The Morgan fingerprint density at radius 1 is 0.900 bits per heavy atom. The van der Waals surface area contributed by atoms with E-state index >= 15 is 0 Å². The van der Waals surface area contributed by atoms with Gasteiger partial charge in [-0.2, -0.15) is 0 Å². The van der Waals surface area contributed by atoms with Gasteiger partial charge in [-0.05, 0) is 42.5 Å². The quantitative estimate of drug-likeness (QED) is 0.475. The summed E-state index contributed by atoms with van der Waals surface area (Å²) in [5, 5.41) is 3.98. The third-order valence-electron chi connectivity index (χ3n) is 4.70. The predicted molar refractivity (Wildman–Crippen MR) is 104 cm³/mol. The number of furan rings is 2. The number of amides is 1. The van der Waals surface area contributed by atoms with Crippen LogP contribution in [-0.2, 0) is 13.1 Å². The molecular weight excluding hydrogens is 388 g/mol. The summed E-state index contributed by atoms with van der Waals surface area (Å²) < 4.78 is 27.4. The molecule has 1 aliphatic heterocycles. The maximum Gasteiger partial charge on any atom is 0.276 e. The molecular formula is C22H18N2O6. The Balaban J connectivity index is 1.39. The van der Waals surface area contributed by atoms with E-state index in [1.807, 2.05) is 30.3 Å². The first-order valence-corrected chi connectivity index (χ1v) is 9.47. The summed E-state index contributed by atoms with van der Waals surface area (Å²) in [6, 6.07) is 14.3. The third kappa shape index (κ3) is 3.67. The third-order valence-corrected chi connectivity index (χ3v) is 4.70. The van der Waals surface area contributed by atoms with E-state index in [1.54, 1.807) is 35.6 Å². The van der Waals surface area contributed by atoms with Crippen molar-refractivity contribution in [2.24, 2.45) is 0 Å². The molecule has 0 saturated heterocycles. The highest BCUT2D eigenvalue weighted by Crippen LogP contribution is 2.34. The molecule has 0 aliphatic carbocycles. The SMILES string of the molecule is O=C(c1cc(-c2ccc3c(c2)OCCO3)on1)N(Cc1ccco1)Cc1ccco1. The second-order valence-corrected chi connectivity index (χ2v) is 6.75.